The highest BCUT2D eigenvalue weighted by molar-refractivity contribution is 7.81. The molecule has 0 aliphatic heterocycles. The molecular weight excluding hydrogens is 412 g/mol. The molecule has 28 heavy (non-hydrogen) atoms. The van der Waals surface area contributed by atoms with Gasteiger partial charge in [0.1, 0.15) is 11.5 Å². The van der Waals surface area contributed by atoms with Crippen molar-refractivity contribution in [1.82, 2.24) is 12.3 Å². The van der Waals surface area contributed by atoms with E-state index in [0.29, 0.717) is 0 Å². The van der Waals surface area contributed by atoms with Crippen molar-refractivity contribution >= 4 is 20.8 Å². The Hall–Kier alpha value is -2.22. The summed E-state index contributed by atoms with van der Waals surface area (Å²) in [5, 5.41) is 0. The molecule has 0 saturated heterocycles. The second-order valence-electron chi connectivity index (χ2n) is 4.98. The van der Waals surface area contributed by atoms with Crippen molar-refractivity contribution in [1.29, 1.82) is 0 Å². The molecule has 2 aromatic carbocycles. The number of benzene rings is 2. The molecule has 0 aromatic heterocycles. The Bertz CT molecular complexity index is 819. The summed E-state index contributed by atoms with van der Waals surface area (Å²) in [6, 6.07) is 12.6. The summed E-state index contributed by atoms with van der Waals surface area (Å²) in [5.41, 5.74) is 2.10. The van der Waals surface area contributed by atoms with Crippen molar-refractivity contribution in [2.75, 3.05) is 0 Å². The van der Waals surface area contributed by atoms with Crippen LogP contribution >= 0.6 is 0 Å². The number of aryl methyl sites for hydroxylation is 2. The van der Waals surface area contributed by atoms with E-state index in [4.69, 9.17) is 0 Å². The van der Waals surface area contributed by atoms with Crippen molar-refractivity contribution in [2.24, 2.45) is 0 Å². The topological polar surface area (TPSA) is 206 Å². The van der Waals surface area contributed by atoms with E-state index in [1.165, 1.54) is 24.3 Å². The molecule has 0 saturated carbocycles. The van der Waals surface area contributed by atoms with Gasteiger partial charge >= 0.3 is 0 Å². The molecule has 0 heterocycles. The second-order valence-corrected chi connectivity index (χ2v) is 6.94. The molecule has 8 N–H and O–H groups in total. The predicted molar refractivity (Wildman–Crippen MR) is 104 cm³/mol. The smallest absolute Gasteiger partial charge is 0.262 e. The van der Waals surface area contributed by atoms with Gasteiger partial charge in [0.15, 0.2) is 0 Å². The molecule has 10 nitrogen and oxygen atoms in total. The Morgan fingerprint density at radius 2 is 0.893 bits per heavy atom. The lowest BCUT2D eigenvalue weighted by Crippen LogP contribution is -2.06. The molecule has 160 valence electrons. The first kappa shape index (κ1) is 28.0. The van der Waals surface area contributed by atoms with Gasteiger partial charge in [-0.3, -0.25) is 0 Å². The van der Waals surface area contributed by atoms with E-state index in [9.17, 15) is 25.9 Å². The summed E-state index contributed by atoms with van der Waals surface area (Å²) in [4.78, 5) is 0. The molecule has 2 aromatic rings. The van der Waals surface area contributed by atoms with Gasteiger partial charge in [-0.2, -0.15) is 0 Å². The van der Waals surface area contributed by atoms with Crippen LogP contribution in [0.15, 0.2) is 48.5 Å². The first-order valence-corrected chi connectivity index (χ1v) is 10.2. The van der Waals surface area contributed by atoms with Crippen LogP contribution in [0, 0.1) is 0 Å². The second kappa shape index (κ2) is 12.3. The quantitative estimate of drug-likeness (QED) is 0.505. The fourth-order valence-electron chi connectivity index (χ4n) is 1.80. The summed E-state index contributed by atoms with van der Waals surface area (Å²) in [6.07, 6.45) is 1.70. The lowest BCUT2D eigenvalue weighted by Gasteiger charge is -2.08. The van der Waals surface area contributed by atoms with E-state index in [-0.39, 0.29) is 23.8 Å². The van der Waals surface area contributed by atoms with E-state index < -0.39 is 20.8 Å². The lowest BCUT2D eigenvalue weighted by atomic mass is 10.2. The summed E-state index contributed by atoms with van der Waals surface area (Å²) < 4.78 is 69.3. The molecule has 0 amide bonds. The minimum Gasteiger partial charge on any atom is -0.716 e. The summed E-state index contributed by atoms with van der Waals surface area (Å²) in [6.45, 7) is 3.94. The van der Waals surface area contributed by atoms with Crippen molar-refractivity contribution in [3.05, 3.63) is 59.7 Å². The van der Waals surface area contributed by atoms with Crippen molar-refractivity contribution in [3.8, 4) is 11.5 Å². The standard InChI is InChI=1S/2C8H10O4S.2H3N/c2*1-2-7-3-5-8(6-4-7)12-13(9,10)11;;/h2*3-6H,2H2,1H3,(H,9,10,11);2*1H3. The van der Waals surface area contributed by atoms with E-state index >= 15 is 0 Å². The average Bonchev–Trinajstić information content (AvgIpc) is 2.54. The third kappa shape index (κ3) is 12.2. The SMILES string of the molecule is CCc1ccc(OS(=O)(=O)[O-])cc1.CCc1ccc(OS(=O)(=O)[O-])cc1.[NH4+].[NH4+]. The van der Waals surface area contributed by atoms with Crippen LogP contribution in [0.5, 0.6) is 11.5 Å². The van der Waals surface area contributed by atoms with Crippen molar-refractivity contribution < 1.29 is 34.3 Å². The third-order valence-corrected chi connectivity index (χ3v) is 3.85. The van der Waals surface area contributed by atoms with Crippen LogP contribution in [0.1, 0.15) is 25.0 Å². The Morgan fingerprint density at radius 3 is 1.07 bits per heavy atom. The highest BCUT2D eigenvalue weighted by Gasteiger charge is 1.98. The van der Waals surface area contributed by atoms with Gasteiger partial charge in [0.25, 0.3) is 20.8 Å². The number of rotatable bonds is 6. The Morgan fingerprint density at radius 1 is 0.643 bits per heavy atom. The van der Waals surface area contributed by atoms with E-state index in [1.807, 2.05) is 13.8 Å². The lowest BCUT2D eigenvalue weighted by molar-refractivity contribution is 0.370. The summed E-state index contributed by atoms with van der Waals surface area (Å²) in [5.74, 6) is 0.0967. The van der Waals surface area contributed by atoms with Gasteiger partial charge in [-0.05, 0) is 48.2 Å². The molecule has 0 bridgehead atoms. The molecule has 12 heteroatoms. The summed E-state index contributed by atoms with van der Waals surface area (Å²) >= 11 is 0. The molecule has 0 spiro atoms. The van der Waals surface area contributed by atoms with Gasteiger partial charge in [-0.15, -0.1) is 0 Å². The van der Waals surface area contributed by atoms with Crippen LogP contribution in [-0.2, 0) is 33.6 Å². The van der Waals surface area contributed by atoms with Gasteiger partial charge in [0.05, 0.1) is 0 Å². The minimum absolute atomic E-state index is 0. The van der Waals surface area contributed by atoms with Crippen LogP contribution in [-0.4, -0.2) is 25.9 Å². The number of hydrogen-bond acceptors (Lipinski definition) is 8. The summed E-state index contributed by atoms with van der Waals surface area (Å²) in [7, 11) is -9.29. The Balaban J connectivity index is 0. The van der Waals surface area contributed by atoms with Crippen LogP contribution in [0.4, 0.5) is 0 Å². The molecule has 0 aliphatic carbocycles. The van der Waals surface area contributed by atoms with E-state index in [1.54, 1.807) is 24.3 Å². The Kier molecular flexibility index (Phi) is 12.3. The monoisotopic (exact) mass is 438 g/mol. The predicted octanol–water partition coefficient (Wildman–Crippen LogP) is 2.93. The fourth-order valence-corrected chi connectivity index (χ4v) is 2.49. The normalized spacial score (nSPS) is 10.4. The molecule has 0 fully saturated rings. The maximum Gasteiger partial charge on any atom is 0.262 e. The van der Waals surface area contributed by atoms with Gasteiger partial charge in [-0.25, -0.2) is 16.8 Å². The van der Waals surface area contributed by atoms with Gasteiger partial charge in [0.2, 0.25) is 0 Å². The van der Waals surface area contributed by atoms with Gasteiger partial charge in [-0.1, -0.05) is 38.1 Å². The first-order valence-electron chi connectivity index (χ1n) is 7.51. The molecule has 0 atom stereocenters. The van der Waals surface area contributed by atoms with Crippen LogP contribution < -0.4 is 20.7 Å². The number of quaternary nitrogens is 2. The molecule has 0 radical (unpaired) electrons. The van der Waals surface area contributed by atoms with Crippen LogP contribution in [0.3, 0.4) is 0 Å². The van der Waals surface area contributed by atoms with Crippen LogP contribution in [0.2, 0.25) is 0 Å². The Labute approximate surface area is 165 Å². The zero-order valence-corrected chi connectivity index (χ0v) is 17.7. The van der Waals surface area contributed by atoms with Crippen LogP contribution in [0.25, 0.3) is 0 Å². The molecule has 0 aliphatic rings. The highest BCUT2D eigenvalue weighted by Crippen LogP contribution is 2.14. The van der Waals surface area contributed by atoms with E-state index in [0.717, 1.165) is 24.0 Å². The van der Waals surface area contributed by atoms with Crippen molar-refractivity contribution in [2.45, 2.75) is 26.7 Å². The van der Waals surface area contributed by atoms with Crippen molar-refractivity contribution in [3.63, 3.8) is 0 Å². The van der Waals surface area contributed by atoms with Gasteiger partial charge in [0, 0.05) is 0 Å². The minimum atomic E-state index is -4.65. The van der Waals surface area contributed by atoms with E-state index in [2.05, 4.69) is 8.37 Å². The maximum atomic E-state index is 10.2. The zero-order valence-electron chi connectivity index (χ0n) is 16.1. The molecule has 2 rings (SSSR count). The average molecular weight is 439 g/mol. The third-order valence-electron chi connectivity index (χ3n) is 3.06. The fraction of sp³-hybridized carbons (Fsp3) is 0.250. The number of hydrogen-bond donors (Lipinski definition) is 2. The molecular formula is C16H26N2O8S2. The maximum absolute atomic E-state index is 10.2. The highest BCUT2D eigenvalue weighted by atomic mass is 32.3. The first-order chi connectivity index (χ1) is 12.0. The van der Waals surface area contributed by atoms with Gasteiger partial charge < -0.3 is 29.8 Å². The molecule has 0 unspecified atom stereocenters. The zero-order chi connectivity index (χ0) is 19.8. The largest absolute Gasteiger partial charge is 0.716 e.